The number of aliphatic hydroxyl groups excluding tert-OH is 3. The molecule has 0 amide bonds. The first kappa shape index (κ1) is 22.0. The fraction of sp³-hybridized carbons (Fsp3) is 0.133. The average molecular weight is 522 g/mol. The number of aryl methyl sites for hydroxylation is 1. The highest BCUT2D eigenvalue weighted by atomic mass is 16.3. The van der Waals surface area contributed by atoms with E-state index in [0.717, 1.165) is 12.1 Å². The second kappa shape index (κ2) is 6.51. The molecule has 4 aromatic carbocycles. The lowest BCUT2D eigenvalue weighted by Gasteiger charge is -2.43. The van der Waals surface area contributed by atoms with Crippen molar-refractivity contribution in [1.82, 2.24) is 0 Å². The summed E-state index contributed by atoms with van der Waals surface area (Å²) in [4.78, 5) is 27.9. The number of carbonyl (C=O) groups excluding carboxylic acids is 2. The lowest BCUT2D eigenvalue weighted by atomic mass is 9.58. The Bertz CT molecular complexity index is 2060. The molecule has 9 heteroatoms. The molecule has 0 saturated heterocycles. The molecule has 0 aromatic heterocycles. The lowest BCUT2D eigenvalue weighted by Crippen LogP contribution is -2.35. The van der Waals surface area contributed by atoms with Crippen LogP contribution in [-0.2, 0) is 6.61 Å². The van der Waals surface area contributed by atoms with Crippen LogP contribution in [0.15, 0.2) is 35.8 Å². The summed E-state index contributed by atoms with van der Waals surface area (Å²) in [6, 6.07) is 3.64. The fourth-order valence-electron chi connectivity index (χ4n) is 7.46. The molecule has 39 heavy (non-hydrogen) atoms. The fourth-order valence-corrected chi connectivity index (χ4v) is 7.46. The summed E-state index contributed by atoms with van der Waals surface area (Å²) >= 11 is 0. The van der Waals surface area contributed by atoms with E-state index in [9.17, 15) is 45.3 Å². The van der Waals surface area contributed by atoms with Gasteiger partial charge in [0.15, 0.2) is 5.78 Å². The molecular weight excluding hydrogens is 504 g/mol. The van der Waals surface area contributed by atoms with E-state index in [0.29, 0.717) is 32.8 Å². The van der Waals surface area contributed by atoms with Crippen molar-refractivity contribution in [3.05, 3.63) is 74.7 Å². The highest BCUT2D eigenvalue weighted by Crippen LogP contribution is 2.66. The van der Waals surface area contributed by atoms with Crippen molar-refractivity contribution in [3.8, 4) is 34.1 Å². The number of hydrogen-bond acceptors (Lipinski definition) is 9. The number of aliphatic hydroxyl groups is 3. The van der Waals surface area contributed by atoms with Crippen molar-refractivity contribution in [1.29, 1.82) is 0 Å². The molecule has 0 aliphatic heterocycles. The van der Waals surface area contributed by atoms with E-state index in [2.05, 4.69) is 0 Å². The third kappa shape index (κ3) is 2.16. The number of rotatable bonds is 1. The van der Waals surface area contributed by atoms with Gasteiger partial charge in [0.25, 0.3) is 0 Å². The molecular formula is C30H18O9. The summed E-state index contributed by atoms with van der Waals surface area (Å²) in [6.07, 6.45) is 1.01. The monoisotopic (exact) mass is 522 g/mol. The van der Waals surface area contributed by atoms with Crippen LogP contribution in [0.2, 0.25) is 0 Å². The summed E-state index contributed by atoms with van der Waals surface area (Å²) in [5, 5.41) is 77.9. The van der Waals surface area contributed by atoms with E-state index in [-0.39, 0.29) is 50.1 Å². The quantitative estimate of drug-likeness (QED) is 0.157. The molecule has 2 unspecified atom stereocenters. The Kier molecular flexibility index (Phi) is 3.67. The molecule has 4 aliphatic rings. The Balaban J connectivity index is 1.82. The molecule has 192 valence electrons. The zero-order chi connectivity index (χ0) is 27.4. The van der Waals surface area contributed by atoms with Gasteiger partial charge in [-0.3, -0.25) is 9.59 Å². The number of hydrogen-bond donors (Lipinski definition) is 7. The first-order chi connectivity index (χ1) is 18.6. The van der Waals surface area contributed by atoms with Gasteiger partial charge in [0.2, 0.25) is 5.78 Å². The van der Waals surface area contributed by atoms with Gasteiger partial charge in [0.05, 0.1) is 29.2 Å². The Morgan fingerprint density at radius 1 is 0.667 bits per heavy atom. The van der Waals surface area contributed by atoms with Crippen molar-refractivity contribution in [2.45, 2.75) is 19.4 Å². The zero-order valence-corrected chi connectivity index (χ0v) is 20.1. The summed E-state index contributed by atoms with van der Waals surface area (Å²) in [7, 11) is 0. The van der Waals surface area contributed by atoms with Crippen LogP contribution in [0.5, 0.6) is 23.0 Å². The third-order valence-corrected chi connectivity index (χ3v) is 8.72. The number of benzene rings is 4. The smallest absolute Gasteiger partial charge is 0.201 e. The Hall–Kier alpha value is -5.02. The van der Waals surface area contributed by atoms with E-state index in [1.54, 1.807) is 6.92 Å². The number of Topliss-reactive ketones (excluding diaryl/α,β-unsaturated/α-hetero) is 1. The average Bonchev–Trinajstić information content (AvgIpc) is 2.86. The Morgan fingerprint density at radius 2 is 1.33 bits per heavy atom. The second-order valence-corrected chi connectivity index (χ2v) is 10.5. The van der Waals surface area contributed by atoms with Crippen LogP contribution in [0.3, 0.4) is 0 Å². The number of phenolic OH excluding ortho intramolecular Hbond substituents is 4. The highest BCUT2D eigenvalue weighted by molar-refractivity contribution is 6.37. The van der Waals surface area contributed by atoms with Gasteiger partial charge in [-0.15, -0.1) is 0 Å². The van der Waals surface area contributed by atoms with E-state index in [1.165, 1.54) is 12.1 Å². The zero-order valence-electron chi connectivity index (χ0n) is 20.1. The maximum Gasteiger partial charge on any atom is 0.201 e. The molecule has 8 rings (SSSR count). The number of phenols is 4. The van der Waals surface area contributed by atoms with Gasteiger partial charge in [-0.2, -0.15) is 0 Å². The van der Waals surface area contributed by atoms with E-state index < -0.39 is 58.8 Å². The third-order valence-electron chi connectivity index (χ3n) is 8.72. The molecule has 4 aromatic rings. The molecule has 0 spiro atoms. The molecule has 2 atom stereocenters. The molecule has 7 N–H and O–H groups in total. The largest absolute Gasteiger partial charge is 0.511 e. The minimum Gasteiger partial charge on any atom is -0.511 e. The Morgan fingerprint density at radius 3 is 2.05 bits per heavy atom. The van der Waals surface area contributed by atoms with Crippen LogP contribution < -0.4 is 0 Å². The summed E-state index contributed by atoms with van der Waals surface area (Å²) in [5.74, 6) is -6.19. The maximum absolute atomic E-state index is 14.0. The lowest BCUT2D eigenvalue weighted by molar-refractivity contribution is 0.0894. The number of allylic oxidation sites excluding steroid dienone is 3. The van der Waals surface area contributed by atoms with Crippen molar-refractivity contribution >= 4 is 38.7 Å². The highest BCUT2D eigenvalue weighted by Gasteiger charge is 2.53. The standard InChI is InChI=1S/C30H18O9/c1-7-2-9(32)19-23-15(7)16-8(6-31)3-10(33)20-24(16)28-26-18(12(35)5-14(37)22(26)30(20)39)17-11(34)4-13(36)21(29(19)38)25(17)27(23)28/h2-5,21,25,31-37H,6H2,1H3. The maximum atomic E-state index is 14.0. The second-order valence-electron chi connectivity index (χ2n) is 10.5. The normalized spacial score (nSPS) is 19.9. The van der Waals surface area contributed by atoms with E-state index >= 15 is 0 Å². The number of carbonyl (C=O) groups is 2. The van der Waals surface area contributed by atoms with Crippen LogP contribution in [0, 0.1) is 12.8 Å². The minimum atomic E-state index is -1.26. The van der Waals surface area contributed by atoms with Crippen molar-refractivity contribution in [2.75, 3.05) is 0 Å². The number of aromatic hydroxyl groups is 4. The van der Waals surface area contributed by atoms with Gasteiger partial charge in [0, 0.05) is 45.5 Å². The molecule has 0 heterocycles. The van der Waals surface area contributed by atoms with E-state index in [1.807, 2.05) is 0 Å². The molecule has 0 radical (unpaired) electrons. The van der Waals surface area contributed by atoms with Crippen LogP contribution in [0.4, 0.5) is 0 Å². The molecule has 9 nitrogen and oxygen atoms in total. The summed E-state index contributed by atoms with van der Waals surface area (Å²) in [6.45, 7) is 1.18. The number of fused-ring (bicyclic) bond motifs is 2. The molecule has 0 fully saturated rings. The topological polar surface area (TPSA) is 176 Å². The van der Waals surface area contributed by atoms with Crippen molar-refractivity contribution < 1.29 is 45.3 Å². The SMILES string of the molecule is Cc1cc(O)c2c3c4c5c6c(c(O)cc(CO)c6c13)C(=O)c1c(O)cc(O)c(c1-5)C1=C(O)C=C(O)C(C2=O)C14. The van der Waals surface area contributed by atoms with Crippen LogP contribution in [0.25, 0.3) is 38.2 Å². The molecule has 0 bridgehead atoms. The van der Waals surface area contributed by atoms with Gasteiger partial charge in [-0.25, -0.2) is 0 Å². The predicted octanol–water partition coefficient (Wildman–Crippen LogP) is 4.46. The van der Waals surface area contributed by atoms with Gasteiger partial charge < -0.3 is 35.7 Å². The van der Waals surface area contributed by atoms with Gasteiger partial charge >= 0.3 is 0 Å². The van der Waals surface area contributed by atoms with Gasteiger partial charge in [-0.05, 0) is 52.1 Å². The van der Waals surface area contributed by atoms with Crippen molar-refractivity contribution in [2.24, 2.45) is 5.92 Å². The van der Waals surface area contributed by atoms with Gasteiger partial charge in [0.1, 0.15) is 34.5 Å². The molecule has 4 aliphatic carbocycles. The Labute approximate surface area is 218 Å². The first-order valence-corrected chi connectivity index (χ1v) is 12.2. The minimum absolute atomic E-state index is 0.0215. The summed E-state index contributed by atoms with van der Waals surface area (Å²) in [5.41, 5.74) is 1.35. The first-order valence-electron chi connectivity index (χ1n) is 12.2. The van der Waals surface area contributed by atoms with Crippen LogP contribution >= 0.6 is 0 Å². The number of ketones is 2. The predicted molar refractivity (Wildman–Crippen MR) is 138 cm³/mol. The van der Waals surface area contributed by atoms with E-state index in [4.69, 9.17) is 0 Å². The summed E-state index contributed by atoms with van der Waals surface area (Å²) < 4.78 is 0. The van der Waals surface area contributed by atoms with Crippen LogP contribution in [-0.4, -0.2) is 47.3 Å². The van der Waals surface area contributed by atoms with Crippen molar-refractivity contribution in [3.63, 3.8) is 0 Å². The van der Waals surface area contributed by atoms with Crippen LogP contribution in [0.1, 0.15) is 54.5 Å². The molecule has 0 saturated carbocycles. The van der Waals surface area contributed by atoms with Gasteiger partial charge in [-0.1, -0.05) is 0 Å².